The van der Waals surface area contributed by atoms with Crippen LogP contribution in [0.3, 0.4) is 0 Å². The first-order valence-electron chi connectivity index (χ1n) is 4.76. The number of rotatable bonds is 3. The molecule has 1 fully saturated rings. The Kier molecular flexibility index (Phi) is 2.45. The molecule has 13 heavy (non-hydrogen) atoms. The maximum Gasteiger partial charge on any atom is 0.248 e. The maximum absolute atomic E-state index is 10.9. The summed E-state index contributed by atoms with van der Waals surface area (Å²) in [5.41, 5.74) is 0.951. The maximum atomic E-state index is 10.9. The standard InChI is InChI=1S/C10H14N2O/c13-10-6-2-5-9(12-10)7-11-8-3-1-4-8/h2,5-6,8,11H,1,3-4,7H2,(H,12,13). The highest BCUT2D eigenvalue weighted by Crippen LogP contribution is 2.18. The fraction of sp³-hybridized carbons (Fsp3) is 0.500. The van der Waals surface area contributed by atoms with Crippen molar-refractivity contribution in [2.45, 2.75) is 31.8 Å². The molecule has 1 aliphatic carbocycles. The summed E-state index contributed by atoms with van der Waals surface area (Å²) in [6.45, 7) is 0.779. The SMILES string of the molecule is O=c1cccc(CNC2CCC2)[nH]1. The molecule has 1 aromatic rings. The van der Waals surface area contributed by atoms with Crippen molar-refractivity contribution < 1.29 is 0 Å². The Hall–Kier alpha value is -1.09. The fourth-order valence-corrected chi connectivity index (χ4v) is 1.46. The minimum absolute atomic E-state index is 0.0205. The summed E-state index contributed by atoms with van der Waals surface area (Å²) in [4.78, 5) is 13.7. The van der Waals surface area contributed by atoms with Gasteiger partial charge in [-0.3, -0.25) is 4.79 Å². The zero-order valence-corrected chi connectivity index (χ0v) is 7.55. The van der Waals surface area contributed by atoms with Crippen molar-refractivity contribution in [2.24, 2.45) is 0 Å². The van der Waals surface area contributed by atoms with Gasteiger partial charge >= 0.3 is 0 Å². The molecule has 0 atom stereocenters. The molecule has 1 heterocycles. The quantitative estimate of drug-likeness (QED) is 0.725. The Morgan fingerprint density at radius 3 is 2.92 bits per heavy atom. The zero-order chi connectivity index (χ0) is 9.10. The lowest BCUT2D eigenvalue weighted by molar-refractivity contribution is 0.337. The van der Waals surface area contributed by atoms with Crippen LogP contribution in [-0.2, 0) is 6.54 Å². The molecular weight excluding hydrogens is 164 g/mol. The number of hydrogen-bond donors (Lipinski definition) is 2. The second-order valence-corrected chi connectivity index (χ2v) is 3.55. The predicted molar refractivity (Wildman–Crippen MR) is 51.5 cm³/mol. The fourth-order valence-electron chi connectivity index (χ4n) is 1.46. The first kappa shape index (κ1) is 8.51. The summed E-state index contributed by atoms with van der Waals surface area (Å²) < 4.78 is 0. The number of H-pyrrole nitrogens is 1. The van der Waals surface area contributed by atoms with Gasteiger partial charge in [-0.2, -0.15) is 0 Å². The van der Waals surface area contributed by atoms with Gasteiger partial charge in [0.25, 0.3) is 0 Å². The van der Waals surface area contributed by atoms with Crippen LogP contribution in [0.5, 0.6) is 0 Å². The van der Waals surface area contributed by atoms with Crippen LogP contribution in [0, 0.1) is 0 Å². The van der Waals surface area contributed by atoms with Crippen LogP contribution < -0.4 is 10.9 Å². The van der Waals surface area contributed by atoms with Crippen molar-refractivity contribution in [3.8, 4) is 0 Å². The van der Waals surface area contributed by atoms with E-state index in [0.717, 1.165) is 12.2 Å². The van der Waals surface area contributed by atoms with E-state index >= 15 is 0 Å². The van der Waals surface area contributed by atoms with E-state index in [-0.39, 0.29) is 5.56 Å². The minimum Gasteiger partial charge on any atom is -0.325 e. The van der Waals surface area contributed by atoms with Crippen LogP contribution in [0.1, 0.15) is 25.0 Å². The molecule has 3 nitrogen and oxygen atoms in total. The van der Waals surface area contributed by atoms with Gasteiger partial charge in [0.05, 0.1) is 0 Å². The van der Waals surface area contributed by atoms with Crippen molar-refractivity contribution in [3.63, 3.8) is 0 Å². The van der Waals surface area contributed by atoms with Crippen LogP contribution in [0.25, 0.3) is 0 Å². The van der Waals surface area contributed by atoms with Crippen LogP contribution >= 0.6 is 0 Å². The molecule has 1 aromatic heterocycles. The van der Waals surface area contributed by atoms with Gasteiger partial charge in [0.2, 0.25) is 5.56 Å². The number of aromatic nitrogens is 1. The summed E-state index contributed by atoms with van der Waals surface area (Å²) in [5, 5.41) is 3.39. The second-order valence-electron chi connectivity index (χ2n) is 3.55. The van der Waals surface area contributed by atoms with Crippen molar-refractivity contribution in [1.82, 2.24) is 10.3 Å². The normalized spacial score (nSPS) is 16.9. The van der Waals surface area contributed by atoms with Gasteiger partial charge in [-0.05, 0) is 18.9 Å². The Bertz CT molecular complexity index is 328. The van der Waals surface area contributed by atoms with E-state index in [1.807, 2.05) is 6.07 Å². The molecule has 0 bridgehead atoms. The number of nitrogens with one attached hydrogen (secondary N) is 2. The smallest absolute Gasteiger partial charge is 0.248 e. The first-order valence-corrected chi connectivity index (χ1v) is 4.76. The van der Waals surface area contributed by atoms with E-state index in [1.165, 1.54) is 25.3 Å². The summed E-state index contributed by atoms with van der Waals surface area (Å²) in [6, 6.07) is 5.93. The average molecular weight is 178 g/mol. The van der Waals surface area contributed by atoms with E-state index in [4.69, 9.17) is 0 Å². The molecule has 0 saturated heterocycles. The van der Waals surface area contributed by atoms with E-state index in [9.17, 15) is 4.79 Å². The van der Waals surface area contributed by atoms with E-state index in [2.05, 4.69) is 10.3 Å². The van der Waals surface area contributed by atoms with E-state index < -0.39 is 0 Å². The third-order valence-electron chi connectivity index (χ3n) is 2.52. The lowest BCUT2D eigenvalue weighted by atomic mass is 9.93. The number of hydrogen-bond acceptors (Lipinski definition) is 2. The topological polar surface area (TPSA) is 44.9 Å². The van der Waals surface area contributed by atoms with Gasteiger partial charge in [-0.25, -0.2) is 0 Å². The molecule has 0 aliphatic heterocycles. The lowest BCUT2D eigenvalue weighted by Gasteiger charge is -2.26. The van der Waals surface area contributed by atoms with Gasteiger partial charge in [-0.1, -0.05) is 12.5 Å². The Morgan fingerprint density at radius 2 is 2.31 bits per heavy atom. The molecule has 70 valence electrons. The van der Waals surface area contributed by atoms with E-state index in [1.54, 1.807) is 6.07 Å². The summed E-state index contributed by atoms with van der Waals surface area (Å²) in [6.07, 6.45) is 3.89. The molecule has 0 spiro atoms. The van der Waals surface area contributed by atoms with Crippen molar-refractivity contribution in [3.05, 3.63) is 34.2 Å². The van der Waals surface area contributed by atoms with Gasteiger partial charge < -0.3 is 10.3 Å². The third kappa shape index (κ3) is 2.18. The zero-order valence-electron chi connectivity index (χ0n) is 7.55. The molecule has 1 aliphatic rings. The molecule has 3 heteroatoms. The predicted octanol–water partition coefficient (Wildman–Crippen LogP) is 1.02. The largest absolute Gasteiger partial charge is 0.325 e. The molecule has 0 aromatic carbocycles. The molecule has 2 N–H and O–H groups in total. The number of aromatic amines is 1. The van der Waals surface area contributed by atoms with Crippen LogP contribution in [-0.4, -0.2) is 11.0 Å². The Morgan fingerprint density at radius 1 is 1.46 bits per heavy atom. The van der Waals surface area contributed by atoms with Crippen molar-refractivity contribution in [1.29, 1.82) is 0 Å². The van der Waals surface area contributed by atoms with Crippen LogP contribution in [0.15, 0.2) is 23.0 Å². The highest BCUT2D eigenvalue weighted by Gasteiger charge is 2.15. The van der Waals surface area contributed by atoms with Gasteiger partial charge in [0.15, 0.2) is 0 Å². The molecule has 0 radical (unpaired) electrons. The summed E-state index contributed by atoms with van der Waals surface area (Å²) in [7, 11) is 0. The number of pyridine rings is 1. The Labute approximate surface area is 77.2 Å². The molecule has 2 rings (SSSR count). The monoisotopic (exact) mass is 178 g/mol. The van der Waals surface area contributed by atoms with Crippen molar-refractivity contribution >= 4 is 0 Å². The van der Waals surface area contributed by atoms with E-state index in [0.29, 0.717) is 6.04 Å². The Balaban J connectivity index is 1.89. The summed E-state index contributed by atoms with van der Waals surface area (Å²) in [5.74, 6) is 0. The molecule has 0 amide bonds. The summed E-state index contributed by atoms with van der Waals surface area (Å²) >= 11 is 0. The highest BCUT2D eigenvalue weighted by molar-refractivity contribution is 5.03. The molecule has 0 unspecified atom stereocenters. The van der Waals surface area contributed by atoms with Crippen LogP contribution in [0.4, 0.5) is 0 Å². The van der Waals surface area contributed by atoms with Crippen LogP contribution in [0.2, 0.25) is 0 Å². The first-order chi connectivity index (χ1) is 6.34. The minimum atomic E-state index is -0.0205. The average Bonchev–Trinajstić information content (AvgIpc) is 2.01. The van der Waals surface area contributed by atoms with Gasteiger partial charge in [0, 0.05) is 24.3 Å². The molecular formula is C10H14N2O. The third-order valence-corrected chi connectivity index (χ3v) is 2.52. The highest BCUT2D eigenvalue weighted by atomic mass is 16.1. The van der Waals surface area contributed by atoms with Gasteiger partial charge in [-0.15, -0.1) is 0 Å². The van der Waals surface area contributed by atoms with Gasteiger partial charge in [0.1, 0.15) is 0 Å². The lowest BCUT2D eigenvalue weighted by Crippen LogP contribution is -2.35. The second kappa shape index (κ2) is 3.75. The molecule has 1 saturated carbocycles. The van der Waals surface area contributed by atoms with Crippen molar-refractivity contribution in [2.75, 3.05) is 0 Å².